The van der Waals surface area contributed by atoms with Crippen LogP contribution in [0.15, 0.2) is 36.4 Å². The molecule has 0 aliphatic carbocycles. The molecule has 0 aromatic heterocycles. The van der Waals surface area contributed by atoms with E-state index in [2.05, 4.69) is 0 Å². The van der Waals surface area contributed by atoms with E-state index in [4.69, 9.17) is 4.74 Å². The van der Waals surface area contributed by atoms with E-state index in [-0.39, 0.29) is 5.82 Å². The number of ether oxygens (including phenoxy) is 1. The average molecular weight is 272 g/mol. The van der Waals surface area contributed by atoms with Crippen LogP contribution in [0.2, 0.25) is 0 Å². The fraction of sp³-hybridized carbons (Fsp3) is 0.294. The lowest BCUT2D eigenvalue weighted by Crippen LogP contribution is -2.23. The SMILES string of the molecule is Cc1ccc(C(C)(O)c2ccc3c(c2)CCO3)cc1F. The minimum atomic E-state index is -1.22. The first kappa shape index (κ1) is 13.1. The monoisotopic (exact) mass is 272 g/mol. The standard InChI is InChI=1S/C17H17FO2/c1-11-3-4-14(10-15(11)18)17(2,19)13-5-6-16-12(9-13)7-8-20-16/h3-6,9-10,19H,7-8H2,1-2H3. The molecular weight excluding hydrogens is 255 g/mol. The Hall–Kier alpha value is -1.87. The van der Waals surface area contributed by atoms with Crippen LogP contribution in [0.1, 0.15) is 29.2 Å². The van der Waals surface area contributed by atoms with Crippen LogP contribution in [0.25, 0.3) is 0 Å². The maximum absolute atomic E-state index is 13.7. The van der Waals surface area contributed by atoms with Gasteiger partial charge in [0, 0.05) is 6.42 Å². The summed E-state index contributed by atoms with van der Waals surface area (Å²) in [6, 6.07) is 10.5. The molecule has 1 aliphatic heterocycles. The molecule has 2 aromatic rings. The number of hydrogen-bond acceptors (Lipinski definition) is 2. The molecule has 0 radical (unpaired) electrons. The van der Waals surface area contributed by atoms with E-state index in [0.717, 1.165) is 23.3 Å². The molecule has 1 N–H and O–H groups in total. The Morgan fingerprint density at radius 2 is 1.85 bits per heavy atom. The number of hydrogen-bond donors (Lipinski definition) is 1. The van der Waals surface area contributed by atoms with Crippen LogP contribution in [0, 0.1) is 12.7 Å². The van der Waals surface area contributed by atoms with Gasteiger partial charge in [0.1, 0.15) is 17.2 Å². The molecule has 2 aromatic carbocycles. The van der Waals surface area contributed by atoms with Crippen molar-refractivity contribution in [3.05, 3.63) is 64.5 Å². The van der Waals surface area contributed by atoms with Crippen molar-refractivity contribution < 1.29 is 14.2 Å². The van der Waals surface area contributed by atoms with Gasteiger partial charge in [0.15, 0.2) is 0 Å². The van der Waals surface area contributed by atoms with Gasteiger partial charge in [-0.25, -0.2) is 4.39 Å². The van der Waals surface area contributed by atoms with Gasteiger partial charge in [-0.05, 0) is 54.3 Å². The Labute approximate surface area is 117 Å². The van der Waals surface area contributed by atoms with Crippen LogP contribution in [0.4, 0.5) is 4.39 Å². The molecule has 104 valence electrons. The Kier molecular flexibility index (Phi) is 3.02. The summed E-state index contributed by atoms with van der Waals surface area (Å²) >= 11 is 0. The van der Waals surface area contributed by atoms with Gasteiger partial charge in [0.05, 0.1) is 6.61 Å². The van der Waals surface area contributed by atoms with E-state index in [1.165, 1.54) is 6.07 Å². The third-order valence-electron chi connectivity index (χ3n) is 3.99. The van der Waals surface area contributed by atoms with Crippen molar-refractivity contribution in [2.75, 3.05) is 6.61 Å². The molecule has 1 unspecified atom stereocenters. The van der Waals surface area contributed by atoms with Crippen LogP contribution in [0.5, 0.6) is 5.75 Å². The molecule has 2 nitrogen and oxygen atoms in total. The van der Waals surface area contributed by atoms with Gasteiger partial charge in [0.2, 0.25) is 0 Å². The van der Waals surface area contributed by atoms with E-state index < -0.39 is 5.60 Å². The van der Waals surface area contributed by atoms with E-state index >= 15 is 0 Å². The van der Waals surface area contributed by atoms with Crippen molar-refractivity contribution in [3.8, 4) is 5.75 Å². The summed E-state index contributed by atoms with van der Waals surface area (Å²) in [5.74, 6) is 0.576. The second-order valence-corrected chi connectivity index (χ2v) is 5.46. The Morgan fingerprint density at radius 3 is 2.60 bits per heavy atom. The lowest BCUT2D eigenvalue weighted by molar-refractivity contribution is 0.102. The second-order valence-electron chi connectivity index (χ2n) is 5.46. The second kappa shape index (κ2) is 4.60. The summed E-state index contributed by atoms with van der Waals surface area (Å²) in [6.45, 7) is 4.08. The first-order valence-electron chi connectivity index (χ1n) is 6.74. The highest BCUT2D eigenvalue weighted by atomic mass is 19.1. The van der Waals surface area contributed by atoms with Crippen molar-refractivity contribution in [1.82, 2.24) is 0 Å². The summed E-state index contributed by atoms with van der Waals surface area (Å²) in [5, 5.41) is 10.8. The fourth-order valence-electron chi connectivity index (χ4n) is 2.55. The minimum Gasteiger partial charge on any atom is -0.493 e. The van der Waals surface area contributed by atoms with Crippen LogP contribution >= 0.6 is 0 Å². The summed E-state index contributed by atoms with van der Waals surface area (Å²) in [4.78, 5) is 0. The Bertz CT molecular complexity index is 662. The van der Waals surface area contributed by atoms with Crippen molar-refractivity contribution >= 4 is 0 Å². The molecule has 0 saturated heterocycles. The summed E-state index contributed by atoms with van der Waals surface area (Å²) < 4.78 is 19.2. The van der Waals surface area contributed by atoms with E-state index in [1.54, 1.807) is 26.0 Å². The largest absolute Gasteiger partial charge is 0.493 e. The minimum absolute atomic E-state index is 0.299. The van der Waals surface area contributed by atoms with Gasteiger partial charge >= 0.3 is 0 Å². The zero-order chi connectivity index (χ0) is 14.3. The Morgan fingerprint density at radius 1 is 1.15 bits per heavy atom. The number of rotatable bonds is 2. The molecule has 0 bridgehead atoms. The van der Waals surface area contributed by atoms with Gasteiger partial charge in [0.25, 0.3) is 0 Å². The first-order valence-corrected chi connectivity index (χ1v) is 6.74. The number of aliphatic hydroxyl groups is 1. The van der Waals surface area contributed by atoms with Crippen LogP contribution < -0.4 is 4.74 Å². The molecular formula is C17H17FO2. The third kappa shape index (κ3) is 2.08. The molecule has 0 fully saturated rings. The first-order chi connectivity index (χ1) is 9.48. The predicted molar refractivity (Wildman–Crippen MR) is 75.5 cm³/mol. The highest BCUT2D eigenvalue weighted by Gasteiger charge is 2.28. The average Bonchev–Trinajstić information content (AvgIpc) is 2.89. The number of benzene rings is 2. The Balaban J connectivity index is 2.04. The quantitative estimate of drug-likeness (QED) is 0.908. The third-order valence-corrected chi connectivity index (χ3v) is 3.99. The van der Waals surface area contributed by atoms with Gasteiger partial charge in [-0.3, -0.25) is 0 Å². The molecule has 1 heterocycles. The van der Waals surface area contributed by atoms with Crippen LogP contribution in [-0.4, -0.2) is 11.7 Å². The molecule has 0 saturated carbocycles. The highest BCUT2D eigenvalue weighted by molar-refractivity contribution is 5.45. The molecule has 3 rings (SSSR count). The number of halogens is 1. The summed E-state index contributed by atoms with van der Waals surface area (Å²) in [7, 11) is 0. The lowest BCUT2D eigenvalue weighted by atomic mass is 9.86. The molecule has 1 atom stereocenters. The van der Waals surface area contributed by atoms with Crippen molar-refractivity contribution in [2.24, 2.45) is 0 Å². The normalized spacial score (nSPS) is 16.4. The molecule has 0 spiro atoms. The van der Waals surface area contributed by atoms with Crippen LogP contribution in [0.3, 0.4) is 0 Å². The van der Waals surface area contributed by atoms with Gasteiger partial charge in [-0.15, -0.1) is 0 Å². The molecule has 1 aliphatic rings. The number of fused-ring (bicyclic) bond motifs is 1. The van der Waals surface area contributed by atoms with Gasteiger partial charge < -0.3 is 9.84 Å². The maximum Gasteiger partial charge on any atom is 0.126 e. The van der Waals surface area contributed by atoms with Gasteiger partial charge in [-0.1, -0.05) is 18.2 Å². The zero-order valence-electron chi connectivity index (χ0n) is 11.6. The lowest BCUT2D eigenvalue weighted by Gasteiger charge is -2.25. The van der Waals surface area contributed by atoms with Crippen molar-refractivity contribution in [2.45, 2.75) is 25.9 Å². The molecule has 3 heteroatoms. The van der Waals surface area contributed by atoms with E-state index in [9.17, 15) is 9.50 Å². The highest BCUT2D eigenvalue weighted by Crippen LogP contribution is 2.34. The van der Waals surface area contributed by atoms with Crippen molar-refractivity contribution in [1.29, 1.82) is 0 Å². The summed E-state index contributed by atoms with van der Waals surface area (Å²) in [6.07, 6.45) is 0.849. The number of aryl methyl sites for hydroxylation is 1. The zero-order valence-corrected chi connectivity index (χ0v) is 11.6. The molecule has 0 amide bonds. The summed E-state index contributed by atoms with van der Waals surface area (Å²) in [5.41, 5.74) is 1.76. The molecule has 20 heavy (non-hydrogen) atoms. The fourth-order valence-corrected chi connectivity index (χ4v) is 2.55. The predicted octanol–water partition coefficient (Wildman–Crippen LogP) is 3.32. The maximum atomic E-state index is 13.7. The van der Waals surface area contributed by atoms with E-state index in [0.29, 0.717) is 17.7 Å². The van der Waals surface area contributed by atoms with E-state index in [1.807, 2.05) is 18.2 Å². The van der Waals surface area contributed by atoms with Gasteiger partial charge in [-0.2, -0.15) is 0 Å². The van der Waals surface area contributed by atoms with Crippen molar-refractivity contribution in [3.63, 3.8) is 0 Å². The van der Waals surface area contributed by atoms with Crippen LogP contribution in [-0.2, 0) is 12.0 Å². The smallest absolute Gasteiger partial charge is 0.126 e. The topological polar surface area (TPSA) is 29.5 Å².